The molecule has 0 bridgehead atoms. The molecule has 0 aromatic heterocycles. The summed E-state index contributed by atoms with van der Waals surface area (Å²) in [7, 11) is 0. The lowest BCUT2D eigenvalue weighted by molar-refractivity contribution is 0.0930. The minimum Gasteiger partial charge on any atom is -0.454 e. The van der Waals surface area contributed by atoms with Crippen molar-refractivity contribution in [1.82, 2.24) is 5.32 Å². The Balaban J connectivity index is 2.31. The number of amides is 1. The van der Waals surface area contributed by atoms with Crippen LogP contribution in [0.25, 0.3) is 0 Å². The number of anilines is 1. The quantitative estimate of drug-likeness (QED) is 0.821. The molecule has 1 aromatic carbocycles. The second-order valence-electron chi connectivity index (χ2n) is 6.25. The van der Waals surface area contributed by atoms with E-state index in [1.165, 1.54) is 0 Å². The van der Waals surface area contributed by atoms with Crippen LogP contribution in [0.5, 0.6) is 11.5 Å². The van der Waals surface area contributed by atoms with Gasteiger partial charge in [-0.25, -0.2) is 0 Å². The van der Waals surface area contributed by atoms with Crippen LogP contribution >= 0.6 is 0 Å². The van der Waals surface area contributed by atoms with Gasteiger partial charge in [0.15, 0.2) is 11.5 Å². The summed E-state index contributed by atoms with van der Waals surface area (Å²) in [5.41, 5.74) is 0.486. The third kappa shape index (κ3) is 3.64. The number of carbonyl (C=O) groups excluding carboxylic acids is 1. The number of rotatable bonds is 5. The molecule has 1 aliphatic rings. The highest BCUT2D eigenvalue weighted by Gasteiger charge is 2.24. The summed E-state index contributed by atoms with van der Waals surface area (Å²) < 4.78 is 10.7. The van der Waals surface area contributed by atoms with Gasteiger partial charge in [0.1, 0.15) is 0 Å². The molecule has 1 heterocycles. The maximum atomic E-state index is 12.5. The van der Waals surface area contributed by atoms with Crippen molar-refractivity contribution in [2.45, 2.75) is 33.2 Å². The highest BCUT2D eigenvalue weighted by molar-refractivity contribution is 6.01. The molecule has 2 rings (SSSR count). The number of hydrogen-bond donors (Lipinski definition) is 2. The monoisotopic (exact) mass is 302 g/mol. The zero-order chi connectivity index (χ0) is 16.3. The van der Waals surface area contributed by atoms with Crippen LogP contribution in [0.2, 0.25) is 0 Å². The van der Waals surface area contributed by atoms with Gasteiger partial charge >= 0.3 is 0 Å². The molecule has 2 N–H and O–H groups in total. The molecule has 1 aromatic rings. The van der Waals surface area contributed by atoms with E-state index in [0.717, 1.165) is 6.54 Å². The first kappa shape index (κ1) is 16.0. The Morgan fingerprint density at radius 3 is 2.59 bits per heavy atom. The number of benzene rings is 1. The molecule has 0 aliphatic carbocycles. The van der Waals surface area contributed by atoms with E-state index >= 15 is 0 Å². The van der Waals surface area contributed by atoms with Crippen LogP contribution in [-0.4, -0.2) is 24.8 Å². The number of nitrogens with one attached hydrogen (secondary N) is 2. The molecule has 0 fully saturated rings. The van der Waals surface area contributed by atoms with Crippen LogP contribution < -0.4 is 20.1 Å². The molecule has 5 nitrogen and oxygen atoms in total. The molecule has 0 radical (unpaired) electrons. The molecule has 5 heteroatoms. The third-order valence-electron chi connectivity index (χ3n) is 3.25. The van der Waals surface area contributed by atoms with Gasteiger partial charge in [0.25, 0.3) is 5.91 Å². The molecule has 1 aliphatic heterocycles. The highest BCUT2D eigenvalue weighted by Crippen LogP contribution is 2.37. The molecule has 0 saturated heterocycles. The summed E-state index contributed by atoms with van der Waals surface area (Å²) in [4.78, 5) is 12.5. The summed E-state index contributed by atoms with van der Waals surface area (Å²) in [5, 5.41) is 6.11. The molecule has 22 heavy (non-hydrogen) atoms. The van der Waals surface area contributed by atoms with Crippen LogP contribution in [-0.2, 0) is 0 Å². The van der Waals surface area contributed by atoms with E-state index in [1.807, 2.05) is 0 Å². The number of ether oxygens (including phenoxy) is 2. The zero-order valence-electron chi connectivity index (χ0n) is 13.4. The van der Waals surface area contributed by atoms with Gasteiger partial charge in [-0.1, -0.05) is 19.8 Å². The van der Waals surface area contributed by atoms with Crippen molar-refractivity contribution in [1.29, 1.82) is 0 Å². The van der Waals surface area contributed by atoms with Crippen LogP contribution in [0.4, 0.5) is 5.69 Å². The molecule has 0 spiro atoms. The fourth-order valence-corrected chi connectivity index (χ4v) is 1.98. The largest absolute Gasteiger partial charge is 0.454 e. The maximum absolute atomic E-state index is 12.5. The molecule has 0 atom stereocenters. The van der Waals surface area contributed by atoms with Crippen LogP contribution in [0.15, 0.2) is 12.1 Å². The average Bonchev–Trinajstić information content (AvgIpc) is 2.90. The Kier molecular flexibility index (Phi) is 4.51. The van der Waals surface area contributed by atoms with E-state index in [9.17, 15) is 4.79 Å². The molecule has 1 amide bonds. The summed E-state index contributed by atoms with van der Waals surface area (Å²) in [6, 6.07) is 3.48. The number of fused-ring (bicyclic) bond motifs is 1. The Bertz CT molecular complexity index is 615. The van der Waals surface area contributed by atoms with E-state index in [0.29, 0.717) is 28.7 Å². The molecular weight excluding hydrogens is 280 g/mol. The lowest BCUT2D eigenvalue weighted by Crippen LogP contribution is -2.42. The van der Waals surface area contributed by atoms with Crippen LogP contribution in [0.1, 0.15) is 38.1 Å². The predicted molar refractivity (Wildman–Crippen MR) is 86.3 cm³/mol. The summed E-state index contributed by atoms with van der Waals surface area (Å²) in [6.07, 6.45) is 5.43. The molecule has 0 saturated carbocycles. The summed E-state index contributed by atoms with van der Waals surface area (Å²) in [5.74, 6) is 3.97. The minimum atomic E-state index is -0.719. The van der Waals surface area contributed by atoms with Gasteiger partial charge in [-0.3, -0.25) is 4.79 Å². The van der Waals surface area contributed by atoms with Crippen molar-refractivity contribution in [2.24, 2.45) is 5.92 Å². The SMILES string of the molecule is C#CC(C)(C)NC(=O)c1cc2c(cc1NCC(C)C)OCO2. The standard InChI is InChI=1S/C17H22N2O3/c1-6-17(4,5)19-16(20)12-7-14-15(22-10-21-14)8-13(12)18-9-11(2)3/h1,7-8,11,18H,9-10H2,2-5H3,(H,19,20). The fourth-order valence-electron chi connectivity index (χ4n) is 1.98. The second-order valence-corrected chi connectivity index (χ2v) is 6.25. The highest BCUT2D eigenvalue weighted by atomic mass is 16.7. The van der Waals surface area contributed by atoms with Crippen molar-refractivity contribution in [3.8, 4) is 23.8 Å². The normalized spacial score (nSPS) is 12.9. The third-order valence-corrected chi connectivity index (χ3v) is 3.25. The first-order valence-corrected chi connectivity index (χ1v) is 7.30. The first-order chi connectivity index (χ1) is 10.3. The first-order valence-electron chi connectivity index (χ1n) is 7.30. The Hall–Kier alpha value is -2.35. The smallest absolute Gasteiger partial charge is 0.254 e. The van der Waals surface area contributed by atoms with Gasteiger partial charge in [-0.15, -0.1) is 6.42 Å². The fraction of sp³-hybridized carbons (Fsp3) is 0.471. The Morgan fingerprint density at radius 1 is 1.36 bits per heavy atom. The minimum absolute atomic E-state index is 0.167. The van der Waals surface area contributed by atoms with Crippen molar-refractivity contribution in [3.63, 3.8) is 0 Å². The predicted octanol–water partition coefficient (Wildman–Crippen LogP) is 2.62. The second kappa shape index (κ2) is 6.18. The van der Waals surface area contributed by atoms with Crippen molar-refractivity contribution >= 4 is 11.6 Å². The van der Waals surface area contributed by atoms with Gasteiger partial charge in [0.2, 0.25) is 6.79 Å². The average molecular weight is 302 g/mol. The lowest BCUT2D eigenvalue weighted by Gasteiger charge is -2.21. The van der Waals surface area contributed by atoms with E-state index < -0.39 is 5.54 Å². The van der Waals surface area contributed by atoms with Crippen molar-refractivity contribution < 1.29 is 14.3 Å². The number of terminal acetylenes is 1. The van der Waals surface area contributed by atoms with Crippen molar-refractivity contribution in [3.05, 3.63) is 17.7 Å². The maximum Gasteiger partial charge on any atom is 0.254 e. The molecular formula is C17H22N2O3. The van der Waals surface area contributed by atoms with Crippen LogP contribution in [0.3, 0.4) is 0 Å². The van der Waals surface area contributed by atoms with E-state index in [1.54, 1.807) is 26.0 Å². The number of carbonyl (C=O) groups is 1. The van der Waals surface area contributed by atoms with Gasteiger partial charge < -0.3 is 20.1 Å². The Labute approximate surface area is 131 Å². The van der Waals surface area contributed by atoms with Crippen LogP contribution in [0, 0.1) is 18.3 Å². The van der Waals surface area contributed by atoms with E-state index in [4.69, 9.17) is 15.9 Å². The van der Waals surface area contributed by atoms with E-state index in [2.05, 4.69) is 30.4 Å². The zero-order valence-corrected chi connectivity index (χ0v) is 13.4. The Morgan fingerprint density at radius 2 is 2.00 bits per heavy atom. The summed E-state index contributed by atoms with van der Waals surface area (Å²) in [6.45, 7) is 8.67. The van der Waals surface area contributed by atoms with E-state index in [-0.39, 0.29) is 12.7 Å². The number of hydrogen-bond acceptors (Lipinski definition) is 4. The summed E-state index contributed by atoms with van der Waals surface area (Å²) >= 11 is 0. The molecule has 0 unspecified atom stereocenters. The van der Waals surface area contributed by atoms with Gasteiger partial charge in [0.05, 0.1) is 16.8 Å². The van der Waals surface area contributed by atoms with Gasteiger partial charge in [-0.05, 0) is 25.8 Å². The van der Waals surface area contributed by atoms with Gasteiger partial charge in [-0.2, -0.15) is 0 Å². The van der Waals surface area contributed by atoms with Crippen molar-refractivity contribution in [2.75, 3.05) is 18.7 Å². The topological polar surface area (TPSA) is 59.6 Å². The molecule has 118 valence electrons. The van der Waals surface area contributed by atoms with Gasteiger partial charge in [0, 0.05) is 12.6 Å². The lowest BCUT2D eigenvalue weighted by atomic mass is 10.0.